The van der Waals surface area contributed by atoms with Gasteiger partial charge in [0.2, 0.25) is 11.8 Å². The number of carbonyl (C=O) groups is 2. The van der Waals surface area contributed by atoms with Gasteiger partial charge in [0.15, 0.2) is 0 Å². The van der Waals surface area contributed by atoms with Gasteiger partial charge in [-0.25, -0.2) is 8.42 Å². The van der Waals surface area contributed by atoms with Crippen LogP contribution in [0.4, 0.5) is 5.69 Å². The van der Waals surface area contributed by atoms with Crippen LogP contribution in [0.5, 0.6) is 11.5 Å². The number of sulfonamides is 1. The molecule has 10 heteroatoms. The maximum absolute atomic E-state index is 14.1. The zero-order valence-electron chi connectivity index (χ0n) is 24.6. The van der Waals surface area contributed by atoms with Gasteiger partial charge in [0, 0.05) is 18.7 Å². The van der Waals surface area contributed by atoms with Crippen molar-refractivity contribution >= 4 is 27.5 Å². The Balaban J connectivity index is 1.69. The van der Waals surface area contributed by atoms with E-state index in [1.807, 2.05) is 19.1 Å². The van der Waals surface area contributed by atoms with E-state index in [1.165, 1.54) is 24.1 Å². The minimum absolute atomic E-state index is 0.0532. The summed E-state index contributed by atoms with van der Waals surface area (Å²) < 4.78 is 39.6. The Kier molecular flexibility index (Phi) is 10.1. The molecule has 0 unspecified atom stereocenters. The summed E-state index contributed by atoms with van der Waals surface area (Å²) in [4.78, 5) is 28.9. The van der Waals surface area contributed by atoms with E-state index in [2.05, 4.69) is 5.32 Å². The van der Waals surface area contributed by atoms with Crippen molar-refractivity contribution in [2.75, 3.05) is 25.1 Å². The molecule has 1 aliphatic carbocycles. The van der Waals surface area contributed by atoms with Crippen molar-refractivity contribution < 1.29 is 27.5 Å². The van der Waals surface area contributed by atoms with Crippen molar-refractivity contribution in [3.8, 4) is 11.5 Å². The van der Waals surface area contributed by atoms with Gasteiger partial charge in [-0.1, -0.05) is 48.7 Å². The number of nitrogens with one attached hydrogen (secondary N) is 1. The van der Waals surface area contributed by atoms with Crippen LogP contribution in [0.3, 0.4) is 0 Å². The molecule has 0 spiro atoms. The second-order valence-corrected chi connectivity index (χ2v) is 12.4. The zero-order valence-corrected chi connectivity index (χ0v) is 25.4. The number of aryl methyl sites for hydroxylation is 1. The highest BCUT2D eigenvalue weighted by atomic mass is 32.2. The topological polar surface area (TPSA) is 105 Å². The number of methoxy groups -OCH3 is 2. The van der Waals surface area contributed by atoms with Crippen LogP contribution in [0.25, 0.3) is 0 Å². The quantitative estimate of drug-likeness (QED) is 0.327. The maximum atomic E-state index is 14.1. The van der Waals surface area contributed by atoms with Gasteiger partial charge >= 0.3 is 0 Å². The summed E-state index contributed by atoms with van der Waals surface area (Å²) in [6, 6.07) is 19.5. The number of amides is 2. The summed E-state index contributed by atoms with van der Waals surface area (Å²) in [5.74, 6) is 0.331. The van der Waals surface area contributed by atoms with Gasteiger partial charge in [-0.05, 0) is 68.7 Å². The minimum Gasteiger partial charge on any atom is -0.497 e. The first-order valence-electron chi connectivity index (χ1n) is 14.1. The lowest BCUT2D eigenvalue weighted by Crippen LogP contribution is -2.52. The molecule has 1 fully saturated rings. The largest absolute Gasteiger partial charge is 0.497 e. The monoisotopic (exact) mass is 593 g/mol. The van der Waals surface area contributed by atoms with Crippen LogP contribution in [0, 0.1) is 6.92 Å². The lowest BCUT2D eigenvalue weighted by Gasteiger charge is -2.32. The fourth-order valence-corrected chi connectivity index (χ4v) is 6.44. The number of hydrogen-bond donors (Lipinski definition) is 1. The molecule has 0 bridgehead atoms. The van der Waals surface area contributed by atoms with Crippen LogP contribution in [0.15, 0.2) is 77.7 Å². The number of anilines is 1. The van der Waals surface area contributed by atoms with E-state index < -0.39 is 28.5 Å². The first-order chi connectivity index (χ1) is 20.1. The highest BCUT2D eigenvalue weighted by Crippen LogP contribution is 2.28. The number of carbonyl (C=O) groups excluding carboxylic acids is 2. The Morgan fingerprint density at radius 2 is 1.57 bits per heavy atom. The molecule has 3 aromatic carbocycles. The van der Waals surface area contributed by atoms with Crippen molar-refractivity contribution in [3.63, 3.8) is 0 Å². The van der Waals surface area contributed by atoms with E-state index in [9.17, 15) is 18.0 Å². The molecule has 9 nitrogen and oxygen atoms in total. The van der Waals surface area contributed by atoms with Crippen molar-refractivity contribution in [3.05, 3.63) is 83.9 Å². The van der Waals surface area contributed by atoms with E-state index in [-0.39, 0.29) is 29.1 Å². The average Bonchev–Trinajstić information content (AvgIpc) is 3.51. The van der Waals surface area contributed by atoms with Crippen LogP contribution < -0.4 is 19.1 Å². The van der Waals surface area contributed by atoms with Crippen LogP contribution >= 0.6 is 0 Å². The Labute approximate surface area is 248 Å². The highest BCUT2D eigenvalue weighted by Gasteiger charge is 2.33. The van der Waals surface area contributed by atoms with Gasteiger partial charge in [0.25, 0.3) is 10.0 Å². The van der Waals surface area contributed by atoms with Crippen LogP contribution in [-0.4, -0.2) is 58.0 Å². The summed E-state index contributed by atoms with van der Waals surface area (Å²) in [5.41, 5.74) is 1.96. The molecule has 42 heavy (non-hydrogen) atoms. The SMILES string of the molecule is COc1ccc(CN(C(=O)CN(c2cccc(OC)c2)S(=O)(=O)c2ccc(C)cc2)[C@@H](C)C(=O)NC2CCCC2)cc1. The number of benzene rings is 3. The van der Waals surface area contributed by atoms with Gasteiger partial charge in [0.05, 0.1) is 24.8 Å². The van der Waals surface area contributed by atoms with E-state index in [4.69, 9.17) is 9.47 Å². The molecule has 1 aliphatic rings. The van der Waals surface area contributed by atoms with E-state index in [1.54, 1.807) is 62.6 Å². The molecule has 3 aromatic rings. The number of rotatable bonds is 12. The van der Waals surface area contributed by atoms with E-state index in [0.29, 0.717) is 11.5 Å². The lowest BCUT2D eigenvalue weighted by atomic mass is 10.1. The summed E-state index contributed by atoms with van der Waals surface area (Å²) >= 11 is 0. The summed E-state index contributed by atoms with van der Waals surface area (Å²) in [7, 11) is -1.10. The molecule has 0 radical (unpaired) electrons. The molecule has 1 saturated carbocycles. The van der Waals surface area contributed by atoms with Crippen molar-refractivity contribution in [1.29, 1.82) is 0 Å². The molecule has 0 aromatic heterocycles. The van der Waals surface area contributed by atoms with Crippen molar-refractivity contribution in [2.45, 2.75) is 63.1 Å². The second-order valence-electron chi connectivity index (χ2n) is 10.6. The predicted molar refractivity (Wildman–Crippen MR) is 162 cm³/mol. The maximum Gasteiger partial charge on any atom is 0.264 e. The van der Waals surface area contributed by atoms with Crippen LogP contribution in [0.1, 0.15) is 43.7 Å². The molecule has 1 N–H and O–H groups in total. The van der Waals surface area contributed by atoms with Gasteiger partial charge in [-0.2, -0.15) is 0 Å². The van der Waals surface area contributed by atoms with Crippen LogP contribution in [-0.2, 0) is 26.2 Å². The first kappa shape index (κ1) is 30.9. The van der Waals surface area contributed by atoms with Crippen LogP contribution in [0.2, 0.25) is 0 Å². The molecule has 2 amide bonds. The summed E-state index contributed by atoms with van der Waals surface area (Å²) in [6.07, 6.45) is 3.92. The number of hydrogen-bond acceptors (Lipinski definition) is 6. The third-order valence-electron chi connectivity index (χ3n) is 7.61. The first-order valence-corrected chi connectivity index (χ1v) is 15.5. The lowest BCUT2D eigenvalue weighted by molar-refractivity contribution is -0.139. The molecular weight excluding hydrogens is 554 g/mol. The third kappa shape index (κ3) is 7.42. The summed E-state index contributed by atoms with van der Waals surface area (Å²) in [6.45, 7) is 3.14. The van der Waals surface area contributed by atoms with Gasteiger partial charge in [-0.3, -0.25) is 13.9 Å². The number of nitrogens with zero attached hydrogens (tertiary/aromatic N) is 2. The van der Waals surface area contributed by atoms with Crippen molar-refractivity contribution in [1.82, 2.24) is 10.2 Å². The highest BCUT2D eigenvalue weighted by molar-refractivity contribution is 7.92. The Morgan fingerprint density at radius 3 is 2.19 bits per heavy atom. The molecule has 224 valence electrons. The van der Waals surface area contributed by atoms with Gasteiger partial charge < -0.3 is 19.7 Å². The summed E-state index contributed by atoms with van der Waals surface area (Å²) in [5, 5.41) is 3.08. The fourth-order valence-electron chi connectivity index (χ4n) is 5.03. The molecule has 1 atom stereocenters. The standard InChI is InChI=1S/C32H39N3O6S/c1-23-12-18-30(19-13-23)42(38,39)35(27-10-7-11-29(20-27)41-4)22-31(36)34(21-25-14-16-28(40-3)17-15-25)24(2)32(37)33-26-8-5-6-9-26/h7,10-20,24,26H,5-6,8-9,21-22H2,1-4H3,(H,33,37)/t24-/m0/s1. The molecule has 4 rings (SSSR count). The van der Waals surface area contributed by atoms with Gasteiger partial charge in [0.1, 0.15) is 24.1 Å². The normalized spacial score (nSPS) is 14.2. The molecule has 0 saturated heterocycles. The molecule has 0 aliphatic heterocycles. The van der Waals surface area contributed by atoms with E-state index in [0.717, 1.165) is 41.1 Å². The third-order valence-corrected chi connectivity index (χ3v) is 9.40. The average molecular weight is 594 g/mol. The minimum atomic E-state index is -4.16. The van der Waals surface area contributed by atoms with Crippen molar-refractivity contribution in [2.24, 2.45) is 0 Å². The predicted octanol–water partition coefficient (Wildman–Crippen LogP) is 4.68. The smallest absolute Gasteiger partial charge is 0.264 e. The fraction of sp³-hybridized carbons (Fsp3) is 0.375. The molecular formula is C32H39N3O6S. The Hall–Kier alpha value is -4.05. The zero-order chi connectivity index (χ0) is 30.3. The number of ether oxygens (including phenoxy) is 2. The Bertz CT molecular complexity index is 1470. The second kappa shape index (κ2) is 13.7. The van der Waals surface area contributed by atoms with E-state index >= 15 is 0 Å². The van der Waals surface area contributed by atoms with Gasteiger partial charge in [-0.15, -0.1) is 0 Å². The molecule has 0 heterocycles. The Morgan fingerprint density at radius 1 is 0.929 bits per heavy atom.